The summed E-state index contributed by atoms with van der Waals surface area (Å²) in [6, 6.07) is 0. The first-order valence-electron chi connectivity index (χ1n) is 16.9. The second kappa shape index (κ2) is 31.6. The van der Waals surface area contributed by atoms with Gasteiger partial charge in [-0.25, -0.2) is 15.5 Å². The van der Waals surface area contributed by atoms with Crippen LogP contribution in [0.5, 0.6) is 0 Å². The van der Waals surface area contributed by atoms with Crippen LogP contribution in [0.4, 0.5) is 0 Å². The summed E-state index contributed by atoms with van der Waals surface area (Å²) in [5.74, 6) is -1.41. The molecule has 0 aliphatic carbocycles. The maximum absolute atomic E-state index is 13.0. The fourth-order valence-electron chi connectivity index (χ4n) is 2.96. The largest absolute Gasteiger partial charge is 0.746 e. The first-order chi connectivity index (χ1) is 26.6. The molecule has 0 spiro atoms. The highest BCUT2D eigenvalue weighted by Gasteiger charge is 2.63. The zero-order valence-electron chi connectivity index (χ0n) is 31.3. The molecule has 0 aliphatic rings. The summed E-state index contributed by atoms with van der Waals surface area (Å²) in [5.41, 5.74) is 0. The minimum absolute atomic E-state index is 0.0333. The highest BCUT2D eigenvalue weighted by Crippen LogP contribution is 2.30. The third-order valence-corrected chi connectivity index (χ3v) is 17.5. The summed E-state index contributed by atoms with van der Waals surface area (Å²) < 4.78 is 160. The van der Waals surface area contributed by atoms with E-state index in [0.29, 0.717) is 25.7 Å². The van der Waals surface area contributed by atoms with Gasteiger partial charge in [-0.2, -0.15) is 48.2 Å². The van der Waals surface area contributed by atoms with E-state index in [4.69, 9.17) is 18.9 Å². The summed E-state index contributed by atoms with van der Waals surface area (Å²) in [5, 5.41) is 39.3. The summed E-state index contributed by atoms with van der Waals surface area (Å²) in [4.78, 5) is 0. The van der Waals surface area contributed by atoms with Crippen molar-refractivity contribution < 1.29 is 103 Å². The molecule has 0 aromatic carbocycles. The zero-order valence-corrected chi connectivity index (χ0v) is 38.9. The van der Waals surface area contributed by atoms with Gasteiger partial charge in [-0.05, 0) is 25.7 Å². The molecule has 4 N–H and O–H groups in total. The van der Waals surface area contributed by atoms with E-state index in [1.54, 1.807) is 27.7 Å². The van der Waals surface area contributed by atoms with Crippen LogP contribution < -0.4 is 0 Å². The van der Waals surface area contributed by atoms with Gasteiger partial charge in [0.05, 0.1) is 0 Å². The number of aliphatic hydroxyl groups is 4. The van der Waals surface area contributed by atoms with Gasteiger partial charge in [0, 0.05) is 123 Å². The fraction of sp³-hybridized carbons (Fsp3) is 1.00. The molecule has 33 heteroatoms. The van der Waals surface area contributed by atoms with E-state index >= 15 is 0 Å². The third kappa shape index (κ3) is 32.2. The van der Waals surface area contributed by atoms with Crippen LogP contribution >= 0.6 is 48.2 Å². The molecule has 24 nitrogen and oxygen atoms in total. The Morgan fingerprint density at radius 2 is 0.596 bits per heavy atom. The Balaban J connectivity index is 6.54. The van der Waals surface area contributed by atoms with E-state index in [-0.39, 0.29) is 123 Å². The Bertz CT molecular complexity index is 1250. The Hall–Kier alpha value is 0.777. The van der Waals surface area contributed by atoms with Crippen molar-refractivity contribution in [2.45, 2.75) is 104 Å². The smallest absolute Gasteiger partial charge is 0.368 e. The van der Waals surface area contributed by atoms with Crippen LogP contribution in [-0.2, 0) is 90.5 Å². The molecule has 0 aromatic heterocycles. The molecule has 0 amide bonds. The maximum Gasteiger partial charge on any atom is 0.746 e. The van der Waals surface area contributed by atoms with Gasteiger partial charge in [-0.3, -0.25) is 0 Å². The van der Waals surface area contributed by atoms with E-state index in [1.165, 1.54) is 0 Å². The lowest BCUT2D eigenvalue weighted by molar-refractivity contribution is -0.0993. The predicted molar refractivity (Wildman–Crippen MR) is 207 cm³/mol. The second-order valence-electron chi connectivity index (χ2n) is 10.5. The molecule has 0 bridgehead atoms. The van der Waals surface area contributed by atoms with Gasteiger partial charge in [-0.15, -0.1) is 0 Å². The Morgan fingerprint density at radius 1 is 0.404 bits per heavy atom. The number of ether oxygens (including phenoxy) is 4. The van der Waals surface area contributed by atoms with Crippen molar-refractivity contribution in [2.75, 3.05) is 49.4 Å². The van der Waals surface area contributed by atoms with Gasteiger partial charge in [0.1, 0.15) is 0 Å². The van der Waals surface area contributed by atoms with Crippen LogP contribution in [0.1, 0.15) is 79.1 Å². The lowest BCUT2D eigenvalue weighted by Crippen LogP contribution is -2.54. The normalized spacial score (nSPS) is 16.3. The van der Waals surface area contributed by atoms with Crippen molar-refractivity contribution in [3.63, 3.8) is 0 Å². The van der Waals surface area contributed by atoms with E-state index in [9.17, 15) is 54.1 Å². The maximum atomic E-state index is 13.0. The highest BCUT2D eigenvalue weighted by atomic mass is 32.3. The minimum Gasteiger partial charge on any atom is -0.368 e. The van der Waals surface area contributed by atoms with E-state index in [1.807, 2.05) is 0 Å². The first-order valence-corrected chi connectivity index (χ1v) is 27.5. The molecule has 0 aromatic rings. The molecule has 344 valence electrons. The average Bonchev–Trinajstić information content (AvgIpc) is 3.10. The van der Waals surface area contributed by atoms with Gasteiger partial charge in [-0.1, -0.05) is 27.7 Å². The van der Waals surface area contributed by atoms with Crippen LogP contribution in [-0.4, -0.2) is 138 Å². The number of hydrogen-bond acceptors (Lipinski definition) is 28. The van der Waals surface area contributed by atoms with Crippen molar-refractivity contribution in [3.05, 3.63) is 0 Å². The Morgan fingerprint density at radius 3 is 0.772 bits per heavy atom. The van der Waals surface area contributed by atoms with E-state index < -0.39 is 75.8 Å². The molecule has 0 fully saturated rings. The first kappa shape index (κ1) is 57.8. The third-order valence-electron chi connectivity index (χ3n) is 5.19. The van der Waals surface area contributed by atoms with Crippen LogP contribution in [0, 0.1) is 0 Å². The highest BCUT2D eigenvalue weighted by molar-refractivity contribution is 8.05. The minimum atomic E-state index is -6.94. The Labute approximate surface area is 353 Å². The van der Waals surface area contributed by atoms with Crippen molar-refractivity contribution in [1.82, 2.24) is 0 Å². The number of hydrogen-bond donors (Lipinski definition) is 4. The molecule has 4 unspecified atom stereocenters. The van der Waals surface area contributed by atoms with Crippen molar-refractivity contribution in [3.8, 4) is 0 Å². The fourth-order valence-corrected chi connectivity index (χ4v) is 14.7. The summed E-state index contributed by atoms with van der Waals surface area (Å²) in [6.07, 6.45) is -4.27. The van der Waals surface area contributed by atoms with Crippen molar-refractivity contribution in [1.29, 1.82) is 0 Å². The summed E-state index contributed by atoms with van der Waals surface area (Å²) in [6.45, 7) is 7.63. The lowest BCUT2D eigenvalue weighted by atomic mass is 10.4. The predicted octanol–water partition coefficient (Wildman–Crippen LogP) is 1.67. The molecule has 4 atom stereocenters. The summed E-state index contributed by atoms with van der Waals surface area (Å²) in [7, 11) is -30.2. The van der Waals surface area contributed by atoms with Gasteiger partial charge in [0.2, 0.25) is 0 Å². The molecular formula is C24H52O24S8Si. The molecule has 0 heterocycles. The van der Waals surface area contributed by atoms with Crippen LogP contribution in [0.25, 0.3) is 0 Å². The van der Waals surface area contributed by atoms with E-state index in [0.717, 1.165) is 0 Å². The zero-order chi connectivity index (χ0) is 43.4. The van der Waals surface area contributed by atoms with Crippen molar-refractivity contribution in [2.24, 2.45) is 0 Å². The quantitative estimate of drug-likeness (QED) is 0.0293. The monoisotopic (exact) mass is 1010 g/mol. The van der Waals surface area contributed by atoms with E-state index in [2.05, 4.69) is 30.0 Å². The molecule has 0 radical (unpaired) electrons. The topological polar surface area (TPSA) is 328 Å². The SMILES string of the molecule is CCCOC(O)CCSOS(=O)(=O)O[Si](OS(=O)(=O)OSCCC(O)OCCC)(OS(=O)(=O)OSCCC(O)OCCC)OS(=O)(=O)OSCCC(O)OCCC. The Kier molecular flexibility index (Phi) is 32.0. The lowest BCUT2D eigenvalue weighted by Gasteiger charge is -2.23. The molecule has 0 saturated carbocycles. The molecular weight excluding hydrogens is 957 g/mol. The molecule has 0 saturated heterocycles. The van der Waals surface area contributed by atoms with Gasteiger partial charge < -0.3 is 39.4 Å². The summed E-state index contributed by atoms with van der Waals surface area (Å²) >= 11 is 0.133. The molecule has 0 rings (SSSR count). The molecule has 0 aliphatic heterocycles. The van der Waals surface area contributed by atoms with Crippen molar-refractivity contribution >= 4 is 98.8 Å². The average molecular weight is 1010 g/mol. The van der Waals surface area contributed by atoms with Crippen LogP contribution in [0.2, 0.25) is 0 Å². The number of aliphatic hydroxyl groups excluding tert-OH is 4. The van der Waals surface area contributed by atoms with Crippen LogP contribution in [0.3, 0.4) is 0 Å². The van der Waals surface area contributed by atoms with Crippen LogP contribution in [0.15, 0.2) is 0 Å². The number of rotatable bonds is 40. The standard InChI is InChI=1S/C24H52O24S8Si/c1-5-13-37-21(25)9-17-49-41-53(29,30)45-57(46-54(31,32)42-50-18-10-22(26)38-14-6-2,47-55(33,34)43-51-19-11-23(27)39-15-7-3)48-56(35,36)44-52-20-12-24(28)40-16-8-4/h21-28H,5-20H2,1-4H3. The second-order valence-corrected chi connectivity index (χ2v) is 22.2. The van der Waals surface area contributed by atoms with Gasteiger partial charge >= 0.3 is 50.6 Å². The molecule has 57 heavy (non-hydrogen) atoms. The van der Waals surface area contributed by atoms with Gasteiger partial charge in [0.25, 0.3) is 0 Å². The van der Waals surface area contributed by atoms with Gasteiger partial charge in [0.15, 0.2) is 25.2 Å².